The van der Waals surface area contributed by atoms with E-state index in [9.17, 15) is 9.59 Å². The van der Waals surface area contributed by atoms with E-state index in [1.165, 1.54) is 25.8 Å². The highest BCUT2D eigenvalue weighted by Crippen LogP contribution is 2.35. The summed E-state index contributed by atoms with van der Waals surface area (Å²) in [4.78, 5) is 25.0. The summed E-state index contributed by atoms with van der Waals surface area (Å²) in [5.74, 6) is -0.925. The number of amides is 2. The Morgan fingerprint density at radius 2 is 2.14 bits per heavy atom. The third kappa shape index (κ3) is 3.48. The maximum atomic E-state index is 12.5. The molecule has 2 N–H and O–H groups in total. The lowest BCUT2D eigenvalue weighted by atomic mass is 9.81. The van der Waals surface area contributed by atoms with E-state index >= 15 is 0 Å². The van der Waals surface area contributed by atoms with Gasteiger partial charge in [-0.05, 0) is 18.4 Å². The standard InChI is InChI=1S/C16H21N3O3/c1-19(10-17)16(21)13(9-11-5-3-2-4-6-11)14-12(15(18)20)7-8-22-14/h7-8,11,13H,2-6,9H2,1H3,(H2,18,20)/t13-/m0/s1. The molecule has 1 fully saturated rings. The lowest BCUT2D eigenvalue weighted by Gasteiger charge is -2.26. The Morgan fingerprint density at radius 1 is 1.45 bits per heavy atom. The van der Waals surface area contributed by atoms with Gasteiger partial charge in [0.05, 0.1) is 17.7 Å². The lowest BCUT2D eigenvalue weighted by Crippen LogP contribution is -2.30. The van der Waals surface area contributed by atoms with E-state index in [0.717, 1.165) is 30.6 Å². The van der Waals surface area contributed by atoms with Gasteiger partial charge in [-0.25, -0.2) is 0 Å². The second kappa shape index (κ2) is 7.12. The predicted molar refractivity (Wildman–Crippen MR) is 79.5 cm³/mol. The number of carbonyl (C=O) groups excluding carboxylic acids is 2. The van der Waals surface area contributed by atoms with Crippen molar-refractivity contribution >= 4 is 11.8 Å². The molecule has 1 aliphatic carbocycles. The summed E-state index contributed by atoms with van der Waals surface area (Å²) in [5, 5.41) is 8.97. The van der Waals surface area contributed by atoms with Crippen LogP contribution >= 0.6 is 0 Å². The average Bonchev–Trinajstić information content (AvgIpc) is 3.01. The van der Waals surface area contributed by atoms with Gasteiger partial charge in [0.25, 0.3) is 5.91 Å². The molecule has 1 atom stereocenters. The number of rotatable bonds is 5. The van der Waals surface area contributed by atoms with Crippen LogP contribution in [-0.4, -0.2) is 23.8 Å². The van der Waals surface area contributed by atoms with Gasteiger partial charge in [0.2, 0.25) is 5.91 Å². The van der Waals surface area contributed by atoms with Gasteiger partial charge < -0.3 is 10.2 Å². The van der Waals surface area contributed by atoms with Crippen molar-refractivity contribution in [3.63, 3.8) is 0 Å². The van der Waals surface area contributed by atoms with Gasteiger partial charge in [0, 0.05) is 7.05 Å². The first kappa shape index (κ1) is 16.1. The van der Waals surface area contributed by atoms with Crippen LogP contribution < -0.4 is 5.73 Å². The molecule has 0 unspecified atom stereocenters. The van der Waals surface area contributed by atoms with Gasteiger partial charge in [-0.15, -0.1) is 0 Å². The van der Waals surface area contributed by atoms with E-state index in [2.05, 4.69) is 0 Å². The Kier molecular flexibility index (Phi) is 5.21. The van der Waals surface area contributed by atoms with Crippen molar-refractivity contribution in [2.24, 2.45) is 11.7 Å². The van der Waals surface area contributed by atoms with E-state index in [1.807, 2.05) is 6.19 Å². The Balaban J connectivity index is 2.28. The van der Waals surface area contributed by atoms with Gasteiger partial charge >= 0.3 is 0 Å². The van der Waals surface area contributed by atoms with E-state index in [0.29, 0.717) is 12.3 Å². The summed E-state index contributed by atoms with van der Waals surface area (Å²) in [6.45, 7) is 0. The number of nitrogens with zero attached hydrogens (tertiary/aromatic N) is 2. The van der Waals surface area contributed by atoms with Crippen LogP contribution in [0.3, 0.4) is 0 Å². The number of furan rings is 1. The van der Waals surface area contributed by atoms with Crippen molar-refractivity contribution in [3.8, 4) is 6.19 Å². The molecule has 0 bridgehead atoms. The first-order valence-electron chi connectivity index (χ1n) is 7.59. The third-order valence-corrected chi connectivity index (χ3v) is 4.35. The molecule has 0 spiro atoms. The Morgan fingerprint density at radius 3 is 2.73 bits per heavy atom. The maximum Gasteiger partial charge on any atom is 0.252 e. The molecule has 2 amide bonds. The first-order valence-corrected chi connectivity index (χ1v) is 7.59. The highest BCUT2D eigenvalue weighted by molar-refractivity contribution is 5.96. The topological polar surface area (TPSA) is 100 Å². The number of primary amides is 1. The molecule has 0 radical (unpaired) electrons. The second-order valence-corrected chi connectivity index (χ2v) is 5.85. The third-order valence-electron chi connectivity index (χ3n) is 4.35. The number of likely N-dealkylation sites (N-methyl/N-ethyl adjacent to an activating group) is 1. The molecule has 22 heavy (non-hydrogen) atoms. The molecule has 2 rings (SSSR count). The molecule has 1 aromatic rings. The highest BCUT2D eigenvalue weighted by Gasteiger charge is 2.33. The van der Waals surface area contributed by atoms with Crippen molar-refractivity contribution < 1.29 is 14.0 Å². The second-order valence-electron chi connectivity index (χ2n) is 5.85. The summed E-state index contributed by atoms with van der Waals surface area (Å²) in [5.41, 5.74) is 5.57. The quantitative estimate of drug-likeness (QED) is 0.666. The molecular weight excluding hydrogens is 282 g/mol. The first-order chi connectivity index (χ1) is 10.5. The SMILES string of the molecule is CN(C#N)C(=O)[C@@H](CC1CCCCC1)c1occc1C(N)=O. The fourth-order valence-corrected chi connectivity index (χ4v) is 3.15. The van der Waals surface area contributed by atoms with E-state index in [4.69, 9.17) is 15.4 Å². The molecule has 6 nitrogen and oxygen atoms in total. The lowest BCUT2D eigenvalue weighted by molar-refractivity contribution is -0.129. The van der Waals surface area contributed by atoms with Crippen LogP contribution in [0.5, 0.6) is 0 Å². The maximum absolute atomic E-state index is 12.5. The highest BCUT2D eigenvalue weighted by atomic mass is 16.3. The van der Waals surface area contributed by atoms with Gasteiger partial charge in [-0.1, -0.05) is 32.1 Å². The predicted octanol–water partition coefficient (Wildman–Crippen LogP) is 2.37. The van der Waals surface area contributed by atoms with Crippen LogP contribution in [0.25, 0.3) is 0 Å². The van der Waals surface area contributed by atoms with E-state index in [-0.39, 0.29) is 17.2 Å². The van der Waals surface area contributed by atoms with Gasteiger partial charge in [-0.3, -0.25) is 14.5 Å². The van der Waals surface area contributed by atoms with Crippen LogP contribution in [0.15, 0.2) is 16.7 Å². The largest absolute Gasteiger partial charge is 0.468 e. The van der Waals surface area contributed by atoms with E-state index < -0.39 is 11.8 Å². The van der Waals surface area contributed by atoms with Gasteiger partial charge in [0.1, 0.15) is 5.76 Å². The van der Waals surface area contributed by atoms with Gasteiger partial charge in [0.15, 0.2) is 6.19 Å². The van der Waals surface area contributed by atoms with Crippen LogP contribution in [0, 0.1) is 17.4 Å². The molecular formula is C16H21N3O3. The van der Waals surface area contributed by atoms with Crippen molar-refractivity contribution in [1.29, 1.82) is 5.26 Å². The Bertz CT molecular complexity index is 582. The van der Waals surface area contributed by atoms with Crippen molar-refractivity contribution in [3.05, 3.63) is 23.7 Å². The molecule has 1 aromatic heterocycles. The van der Waals surface area contributed by atoms with Crippen molar-refractivity contribution in [1.82, 2.24) is 4.90 Å². The number of hydrogen-bond donors (Lipinski definition) is 1. The average molecular weight is 303 g/mol. The molecule has 0 aromatic carbocycles. The minimum atomic E-state index is -0.634. The molecule has 1 saturated carbocycles. The van der Waals surface area contributed by atoms with Crippen LogP contribution in [0.2, 0.25) is 0 Å². The number of nitrogens with two attached hydrogens (primary N) is 1. The number of hydrogen-bond acceptors (Lipinski definition) is 4. The summed E-state index contributed by atoms with van der Waals surface area (Å²) < 4.78 is 5.39. The monoisotopic (exact) mass is 303 g/mol. The summed E-state index contributed by atoms with van der Waals surface area (Å²) in [6, 6.07) is 1.48. The molecule has 1 aliphatic rings. The number of nitriles is 1. The zero-order valence-corrected chi connectivity index (χ0v) is 12.7. The van der Waals surface area contributed by atoms with Crippen LogP contribution in [-0.2, 0) is 4.79 Å². The fourth-order valence-electron chi connectivity index (χ4n) is 3.15. The minimum absolute atomic E-state index is 0.223. The minimum Gasteiger partial charge on any atom is -0.468 e. The normalized spacial score (nSPS) is 16.7. The fraction of sp³-hybridized carbons (Fsp3) is 0.562. The van der Waals surface area contributed by atoms with Crippen LogP contribution in [0.4, 0.5) is 0 Å². The zero-order chi connectivity index (χ0) is 16.1. The Labute approximate surface area is 129 Å². The number of carbonyl (C=O) groups is 2. The molecule has 1 heterocycles. The molecule has 0 saturated heterocycles. The summed E-state index contributed by atoms with van der Waals surface area (Å²) in [7, 11) is 1.42. The summed E-state index contributed by atoms with van der Waals surface area (Å²) >= 11 is 0. The molecule has 6 heteroatoms. The summed E-state index contributed by atoms with van der Waals surface area (Å²) in [6.07, 6.45) is 9.42. The van der Waals surface area contributed by atoms with Crippen molar-refractivity contribution in [2.75, 3.05) is 7.05 Å². The zero-order valence-electron chi connectivity index (χ0n) is 12.7. The molecule has 0 aliphatic heterocycles. The van der Waals surface area contributed by atoms with Gasteiger partial charge in [-0.2, -0.15) is 5.26 Å². The van der Waals surface area contributed by atoms with Crippen molar-refractivity contribution in [2.45, 2.75) is 44.4 Å². The van der Waals surface area contributed by atoms with E-state index in [1.54, 1.807) is 0 Å². The Hall–Kier alpha value is -2.29. The van der Waals surface area contributed by atoms with Crippen LogP contribution in [0.1, 0.15) is 60.6 Å². The smallest absolute Gasteiger partial charge is 0.252 e. The molecule has 118 valence electrons.